The molecule has 0 unspecified atom stereocenters. The molecule has 130 valence electrons. The number of ether oxygens (including phenoxy) is 2. The fraction of sp³-hybridized carbons (Fsp3) is 0.684. The van der Waals surface area contributed by atoms with Gasteiger partial charge < -0.3 is 19.7 Å². The number of nitrogens with one attached hydrogen (secondary N) is 1. The number of hydrogen-bond donors (Lipinski definition) is 1. The Bertz CT molecular complexity index is 459. The SMILES string of the molecule is CCCOc1cc(CN[C@@H](C)CN2CCCCC2)ccc1OC. The lowest BCUT2D eigenvalue weighted by atomic mass is 10.1. The highest BCUT2D eigenvalue weighted by atomic mass is 16.5. The van der Waals surface area contributed by atoms with Gasteiger partial charge in [0.15, 0.2) is 11.5 Å². The van der Waals surface area contributed by atoms with Gasteiger partial charge in [-0.25, -0.2) is 0 Å². The van der Waals surface area contributed by atoms with Gasteiger partial charge in [0.25, 0.3) is 0 Å². The number of methoxy groups -OCH3 is 1. The summed E-state index contributed by atoms with van der Waals surface area (Å²) in [4.78, 5) is 2.57. The maximum absolute atomic E-state index is 5.79. The van der Waals surface area contributed by atoms with Gasteiger partial charge >= 0.3 is 0 Å². The molecule has 23 heavy (non-hydrogen) atoms. The van der Waals surface area contributed by atoms with E-state index in [0.717, 1.165) is 37.6 Å². The average Bonchev–Trinajstić information content (AvgIpc) is 2.59. The maximum Gasteiger partial charge on any atom is 0.161 e. The summed E-state index contributed by atoms with van der Waals surface area (Å²) in [6.45, 7) is 9.61. The highest BCUT2D eigenvalue weighted by molar-refractivity contribution is 5.42. The molecular formula is C19H32N2O2. The Labute approximate surface area is 141 Å². The van der Waals surface area contributed by atoms with Gasteiger partial charge in [0.1, 0.15) is 0 Å². The monoisotopic (exact) mass is 320 g/mol. The smallest absolute Gasteiger partial charge is 0.161 e. The second-order valence-electron chi connectivity index (χ2n) is 6.48. The molecule has 1 saturated heterocycles. The van der Waals surface area contributed by atoms with E-state index in [2.05, 4.69) is 36.2 Å². The Kier molecular flexibility index (Phi) is 7.69. The van der Waals surface area contributed by atoms with Crippen molar-refractivity contribution in [2.45, 2.75) is 52.1 Å². The number of benzene rings is 1. The summed E-state index contributed by atoms with van der Waals surface area (Å²) in [6, 6.07) is 6.69. The van der Waals surface area contributed by atoms with E-state index in [1.54, 1.807) is 7.11 Å². The van der Waals surface area contributed by atoms with Crippen molar-refractivity contribution in [2.75, 3.05) is 33.4 Å². The molecule has 1 aromatic carbocycles. The molecule has 1 aliphatic heterocycles. The summed E-state index contributed by atoms with van der Waals surface area (Å²) in [6.07, 6.45) is 5.09. The van der Waals surface area contributed by atoms with E-state index in [0.29, 0.717) is 6.04 Å². The Hall–Kier alpha value is -1.26. The van der Waals surface area contributed by atoms with Crippen LogP contribution in [0.3, 0.4) is 0 Å². The third-order valence-electron chi connectivity index (χ3n) is 4.33. The Morgan fingerprint density at radius 3 is 2.65 bits per heavy atom. The number of hydrogen-bond acceptors (Lipinski definition) is 4. The van der Waals surface area contributed by atoms with E-state index in [-0.39, 0.29) is 0 Å². The number of nitrogens with zero attached hydrogens (tertiary/aromatic N) is 1. The lowest BCUT2D eigenvalue weighted by molar-refractivity contribution is 0.209. The summed E-state index contributed by atoms with van der Waals surface area (Å²) in [5, 5.41) is 3.63. The molecule has 4 heteroatoms. The van der Waals surface area contributed by atoms with Crippen LogP contribution in [-0.2, 0) is 6.54 Å². The van der Waals surface area contributed by atoms with Crippen LogP contribution in [0.2, 0.25) is 0 Å². The van der Waals surface area contributed by atoms with Crippen LogP contribution in [0.15, 0.2) is 18.2 Å². The largest absolute Gasteiger partial charge is 0.493 e. The third kappa shape index (κ3) is 6.04. The zero-order valence-electron chi connectivity index (χ0n) is 14.9. The van der Waals surface area contributed by atoms with Gasteiger partial charge in [-0.2, -0.15) is 0 Å². The van der Waals surface area contributed by atoms with Crippen LogP contribution in [0.25, 0.3) is 0 Å². The summed E-state index contributed by atoms with van der Waals surface area (Å²) in [5.41, 5.74) is 1.24. The third-order valence-corrected chi connectivity index (χ3v) is 4.33. The van der Waals surface area contributed by atoms with Crippen molar-refractivity contribution in [3.05, 3.63) is 23.8 Å². The van der Waals surface area contributed by atoms with Crippen LogP contribution < -0.4 is 14.8 Å². The molecule has 1 fully saturated rings. The van der Waals surface area contributed by atoms with E-state index in [4.69, 9.17) is 9.47 Å². The zero-order valence-corrected chi connectivity index (χ0v) is 14.9. The van der Waals surface area contributed by atoms with Crippen molar-refractivity contribution >= 4 is 0 Å². The summed E-state index contributed by atoms with van der Waals surface area (Å²) in [5.74, 6) is 1.65. The van der Waals surface area contributed by atoms with Crippen LogP contribution in [0, 0.1) is 0 Å². The molecule has 4 nitrogen and oxygen atoms in total. The second kappa shape index (κ2) is 9.78. The van der Waals surface area contributed by atoms with Crippen LogP contribution in [0.5, 0.6) is 11.5 Å². The van der Waals surface area contributed by atoms with E-state index in [9.17, 15) is 0 Å². The molecule has 0 spiro atoms. The van der Waals surface area contributed by atoms with E-state index < -0.39 is 0 Å². The molecule has 1 aromatic rings. The molecule has 0 saturated carbocycles. The Morgan fingerprint density at radius 1 is 1.17 bits per heavy atom. The molecule has 0 aromatic heterocycles. The van der Waals surface area contributed by atoms with E-state index in [1.807, 2.05) is 6.07 Å². The second-order valence-corrected chi connectivity index (χ2v) is 6.48. The molecule has 0 radical (unpaired) electrons. The topological polar surface area (TPSA) is 33.7 Å². The molecule has 0 bridgehead atoms. The number of likely N-dealkylation sites (tertiary alicyclic amines) is 1. The summed E-state index contributed by atoms with van der Waals surface area (Å²) in [7, 11) is 1.69. The fourth-order valence-electron chi connectivity index (χ4n) is 3.04. The predicted molar refractivity (Wildman–Crippen MR) is 95.4 cm³/mol. The minimum Gasteiger partial charge on any atom is -0.493 e. The molecule has 0 aliphatic carbocycles. The van der Waals surface area contributed by atoms with Gasteiger partial charge in [-0.05, 0) is 57.0 Å². The quantitative estimate of drug-likeness (QED) is 0.755. The molecule has 0 amide bonds. The van der Waals surface area contributed by atoms with Crippen LogP contribution >= 0.6 is 0 Å². The lowest BCUT2D eigenvalue weighted by Gasteiger charge is -2.29. The van der Waals surface area contributed by atoms with E-state index >= 15 is 0 Å². The summed E-state index contributed by atoms with van der Waals surface area (Å²) < 4.78 is 11.2. The Balaban J connectivity index is 1.83. The lowest BCUT2D eigenvalue weighted by Crippen LogP contribution is -2.41. The van der Waals surface area contributed by atoms with Gasteiger partial charge in [0.05, 0.1) is 13.7 Å². The first-order chi connectivity index (χ1) is 11.2. The van der Waals surface area contributed by atoms with E-state index in [1.165, 1.54) is 37.9 Å². The minimum atomic E-state index is 0.496. The predicted octanol–water partition coefficient (Wildman–Crippen LogP) is 3.45. The molecule has 1 N–H and O–H groups in total. The van der Waals surface area contributed by atoms with Gasteiger partial charge in [0, 0.05) is 19.1 Å². The molecular weight excluding hydrogens is 288 g/mol. The standard InChI is InChI=1S/C19H32N2O2/c1-4-12-23-19-13-17(8-9-18(19)22-3)14-20-16(2)15-21-10-6-5-7-11-21/h8-9,13,16,20H,4-7,10-12,14-15H2,1-3H3/t16-/m0/s1. The minimum absolute atomic E-state index is 0.496. The van der Waals surface area contributed by atoms with Gasteiger partial charge in [-0.3, -0.25) is 0 Å². The molecule has 1 heterocycles. The summed E-state index contributed by atoms with van der Waals surface area (Å²) >= 11 is 0. The van der Waals surface area contributed by atoms with Crippen molar-refractivity contribution in [3.63, 3.8) is 0 Å². The maximum atomic E-state index is 5.79. The first-order valence-electron chi connectivity index (χ1n) is 8.98. The highest BCUT2D eigenvalue weighted by Crippen LogP contribution is 2.28. The Morgan fingerprint density at radius 2 is 1.96 bits per heavy atom. The fourth-order valence-corrected chi connectivity index (χ4v) is 3.04. The normalized spacial score (nSPS) is 17.0. The van der Waals surface area contributed by atoms with Crippen molar-refractivity contribution in [1.82, 2.24) is 10.2 Å². The first-order valence-corrected chi connectivity index (χ1v) is 8.98. The zero-order chi connectivity index (χ0) is 16.5. The van der Waals surface area contributed by atoms with Gasteiger partial charge in [-0.15, -0.1) is 0 Å². The van der Waals surface area contributed by atoms with Crippen LogP contribution in [-0.4, -0.2) is 44.3 Å². The molecule has 1 aliphatic rings. The van der Waals surface area contributed by atoms with Crippen molar-refractivity contribution in [1.29, 1.82) is 0 Å². The van der Waals surface area contributed by atoms with Crippen molar-refractivity contribution in [2.24, 2.45) is 0 Å². The molecule has 1 atom stereocenters. The number of piperidine rings is 1. The van der Waals surface area contributed by atoms with Gasteiger partial charge in [0.2, 0.25) is 0 Å². The molecule has 2 rings (SSSR count). The highest BCUT2D eigenvalue weighted by Gasteiger charge is 2.13. The van der Waals surface area contributed by atoms with Gasteiger partial charge in [-0.1, -0.05) is 19.4 Å². The first kappa shape index (κ1) is 18.1. The van der Waals surface area contributed by atoms with Crippen LogP contribution in [0.4, 0.5) is 0 Å². The van der Waals surface area contributed by atoms with Crippen molar-refractivity contribution < 1.29 is 9.47 Å². The van der Waals surface area contributed by atoms with Crippen molar-refractivity contribution in [3.8, 4) is 11.5 Å². The van der Waals surface area contributed by atoms with Crippen LogP contribution in [0.1, 0.15) is 45.1 Å². The number of rotatable bonds is 9. The average molecular weight is 320 g/mol.